The number of hydrogen-bond acceptors (Lipinski definition) is 32. The number of rotatable bonds is 49. The molecule has 0 saturated carbocycles. The van der Waals surface area contributed by atoms with Crippen molar-refractivity contribution in [1.82, 2.24) is 16.0 Å². The molecule has 6 aliphatic heterocycles. The highest BCUT2D eigenvalue weighted by molar-refractivity contribution is 5.76. The fraction of sp³-hybridized carbons (Fsp3) is 0.959. The standard InChI is InChI=1S/C74H135N3O32/c1-7-9-11-13-15-17-19-21-23-25-27-29-31-33-49(85)77-43(54(88)44(84)32-30-28-26-24-22-20-18-16-14-12-10-8-2)38-98-71-62(96)59(93)64(47(36-80)104-71)105-69-50(75-41(5)82)66(55(89)45(34-78)101-69)107-70-51(76-42(6)83)67(108-72-60(94)57(91)52(86)39(3)99-72)65(48(37-81)103-70)106-74-63(97)68(56(90)46(35-79)102-74)109-73-61(95)58(92)53(87)40(4)100-73/h39-40,43-48,50-74,78-81,84,86-97H,7-38H2,1-6H3,(H,75,82)(H,76,83)(H,77,85)/t39-,40-,43-,44+,45+,46+,47+,48+,50+,51+,52+,53+,54-,55+,56-,57+,58+,59+,60-,61-,62+,63+,64+,65+,66+,67+,68-,69-,70-,71+,72-,73-,74-/m0/s1. The lowest BCUT2D eigenvalue weighted by Gasteiger charge is -2.52. The Bertz CT molecular complexity index is 2510. The van der Waals surface area contributed by atoms with Crippen LogP contribution < -0.4 is 16.0 Å². The smallest absolute Gasteiger partial charge is 0.220 e. The number of carbonyl (C=O) groups excluding carboxylic acids is 3. The van der Waals surface area contributed by atoms with Gasteiger partial charge in [-0.1, -0.05) is 168 Å². The Morgan fingerprint density at radius 3 is 1.17 bits per heavy atom. The predicted molar refractivity (Wildman–Crippen MR) is 383 cm³/mol. The maximum Gasteiger partial charge on any atom is 0.220 e. The SMILES string of the molecule is CCCCCCCCCCCCCCCC(=O)N[C@@H](CO[C@@H]1O[C@H](CO)[C@@H](O[C@@H]2O[C@H](CO)[C@@H](O)[C@H](O[C@@H]3O[C@H](CO)[C@@H](O[C@@H]4O[C@H](CO)[C@H](O)[C@H](O[C@@H]5O[C@@H](C)[C@@H](O)[C@@H](O)[C@@H]5O)[C@H]4O)[C@H](O[C@@H]4O[C@@H](C)[C@@H](O)[C@@H](O)[C@@H]4O)[C@H]3NC(C)=O)[C@H]2NC(C)=O)[C@H](O)[C@H]1O)[C@H](O)[C@H](O)CCCCCCCCCCCCCC. The summed E-state index contributed by atoms with van der Waals surface area (Å²) in [5.41, 5.74) is 0. The summed E-state index contributed by atoms with van der Waals surface area (Å²) in [5, 5.41) is 199. The Balaban J connectivity index is 1.21. The average Bonchev–Trinajstić information content (AvgIpc) is 0.759. The minimum absolute atomic E-state index is 0.105. The van der Waals surface area contributed by atoms with Crippen LogP contribution in [0.2, 0.25) is 0 Å². The quantitative estimate of drug-likeness (QED) is 0.0294. The average molecular weight is 1580 g/mol. The second kappa shape index (κ2) is 49.3. The maximum atomic E-state index is 13.6. The molecule has 0 radical (unpaired) electrons. The van der Waals surface area contributed by atoms with Gasteiger partial charge >= 0.3 is 0 Å². The molecular weight excluding hydrogens is 1440 g/mol. The summed E-state index contributed by atoms with van der Waals surface area (Å²) >= 11 is 0. The van der Waals surface area contributed by atoms with Crippen molar-refractivity contribution in [2.75, 3.05) is 33.0 Å². The van der Waals surface area contributed by atoms with Crippen LogP contribution in [0.15, 0.2) is 0 Å². The first kappa shape index (κ1) is 95.1. The van der Waals surface area contributed by atoms with Gasteiger partial charge in [0.1, 0.15) is 140 Å². The van der Waals surface area contributed by atoms with Crippen molar-refractivity contribution < 1.29 is 158 Å². The van der Waals surface area contributed by atoms with Crippen LogP contribution in [-0.4, -0.2) is 340 Å². The molecule has 0 unspecified atom stereocenters. The fourth-order valence-electron chi connectivity index (χ4n) is 15.0. The molecule has 0 aromatic rings. The van der Waals surface area contributed by atoms with E-state index in [1.807, 2.05) is 0 Å². The molecule has 0 aromatic carbocycles. The molecule has 20 N–H and O–H groups in total. The van der Waals surface area contributed by atoms with E-state index in [0.717, 1.165) is 78.1 Å². The Kier molecular flexibility index (Phi) is 43.1. The number of hydrogen-bond donors (Lipinski definition) is 20. The molecule has 6 rings (SSSR count). The van der Waals surface area contributed by atoms with Crippen LogP contribution in [0.4, 0.5) is 0 Å². The predicted octanol–water partition coefficient (Wildman–Crippen LogP) is -1.95. The highest BCUT2D eigenvalue weighted by Crippen LogP contribution is 2.39. The molecule has 109 heavy (non-hydrogen) atoms. The fourth-order valence-corrected chi connectivity index (χ4v) is 15.0. The third-order valence-electron chi connectivity index (χ3n) is 21.6. The number of carbonyl (C=O) groups is 3. The van der Waals surface area contributed by atoms with Crippen molar-refractivity contribution in [3.8, 4) is 0 Å². The minimum atomic E-state index is -2.19. The third kappa shape index (κ3) is 28.3. The Hall–Kier alpha value is -2.75. The Morgan fingerprint density at radius 2 is 0.706 bits per heavy atom. The lowest BCUT2D eigenvalue weighted by Crippen LogP contribution is -2.72. The van der Waals surface area contributed by atoms with E-state index in [-0.39, 0.29) is 12.8 Å². The van der Waals surface area contributed by atoms with E-state index in [1.165, 1.54) is 97.3 Å². The second-order valence-corrected chi connectivity index (χ2v) is 30.4. The number of nitrogens with one attached hydrogen (secondary N) is 3. The van der Waals surface area contributed by atoms with Crippen molar-refractivity contribution in [3.63, 3.8) is 0 Å². The highest BCUT2D eigenvalue weighted by Gasteiger charge is 2.59. The Morgan fingerprint density at radius 1 is 0.358 bits per heavy atom. The van der Waals surface area contributed by atoms with Gasteiger partial charge in [-0.3, -0.25) is 14.4 Å². The molecule has 0 spiro atoms. The Labute approximate surface area is 639 Å². The number of amides is 3. The second-order valence-electron chi connectivity index (χ2n) is 30.4. The van der Waals surface area contributed by atoms with Gasteiger partial charge in [0.05, 0.1) is 57.4 Å². The summed E-state index contributed by atoms with van der Waals surface area (Å²) in [6.45, 7) is 4.37. The van der Waals surface area contributed by atoms with Crippen LogP contribution in [0.25, 0.3) is 0 Å². The number of aliphatic hydroxyl groups is 17. The van der Waals surface area contributed by atoms with Crippen LogP contribution in [0, 0.1) is 0 Å². The van der Waals surface area contributed by atoms with Crippen molar-refractivity contribution in [2.45, 2.75) is 417 Å². The van der Waals surface area contributed by atoms with E-state index in [9.17, 15) is 101 Å². The van der Waals surface area contributed by atoms with Crippen LogP contribution in [0.1, 0.15) is 215 Å². The summed E-state index contributed by atoms with van der Waals surface area (Å²) in [6.07, 6.45) is -27.7. The number of unbranched alkanes of at least 4 members (excludes halogenated alkanes) is 23. The maximum absolute atomic E-state index is 13.6. The zero-order chi connectivity index (χ0) is 80.0. The van der Waals surface area contributed by atoms with E-state index < -0.39 is 253 Å². The summed E-state index contributed by atoms with van der Waals surface area (Å²) in [5.74, 6) is -2.18. The first-order valence-corrected chi connectivity index (χ1v) is 40.1. The van der Waals surface area contributed by atoms with Gasteiger partial charge in [0.15, 0.2) is 37.7 Å². The monoisotopic (exact) mass is 1580 g/mol. The van der Waals surface area contributed by atoms with Crippen LogP contribution in [0.5, 0.6) is 0 Å². The van der Waals surface area contributed by atoms with Gasteiger partial charge in [0.25, 0.3) is 0 Å². The molecule has 6 saturated heterocycles. The molecular formula is C74H135N3O32. The number of ether oxygens (including phenoxy) is 12. The van der Waals surface area contributed by atoms with Crippen molar-refractivity contribution in [3.05, 3.63) is 0 Å². The zero-order valence-corrected chi connectivity index (χ0v) is 64.4. The van der Waals surface area contributed by atoms with Gasteiger partial charge in [-0.15, -0.1) is 0 Å². The van der Waals surface area contributed by atoms with E-state index in [2.05, 4.69) is 29.8 Å². The van der Waals surface area contributed by atoms with Gasteiger partial charge in [-0.2, -0.15) is 0 Å². The van der Waals surface area contributed by atoms with Crippen molar-refractivity contribution in [2.24, 2.45) is 0 Å². The van der Waals surface area contributed by atoms with Crippen LogP contribution >= 0.6 is 0 Å². The minimum Gasteiger partial charge on any atom is -0.394 e. The van der Waals surface area contributed by atoms with E-state index >= 15 is 0 Å². The lowest BCUT2D eigenvalue weighted by atomic mass is 9.93. The molecule has 35 nitrogen and oxygen atoms in total. The lowest BCUT2D eigenvalue weighted by molar-refractivity contribution is -0.392. The first-order valence-electron chi connectivity index (χ1n) is 40.1. The largest absolute Gasteiger partial charge is 0.394 e. The van der Waals surface area contributed by atoms with Crippen LogP contribution in [0.3, 0.4) is 0 Å². The summed E-state index contributed by atoms with van der Waals surface area (Å²) < 4.78 is 72.9. The number of aliphatic hydroxyl groups excluding tert-OH is 17. The molecule has 6 aliphatic rings. The zero-order valence-electron chi connectivity index (χ0n) is 64.4. The van der Waals surface area contributed by atoms with E-state index in [1.54, 1.807) is 0 Å². The first-order chi connectivity index (χ1) is 52.2. The molecule has 35 heteroatoms. The van der Waals surface area contributed by atoms with Gasteiger partial charge in [0, 0.05) is 20.3 Å². The van der Waals surface area contributed by atoms with Crippen molar-refractivity contribution in [1.29, 1.82) is 0 Å². The molecule has 0 aromatic heterocycles. The summed E-state index contributed by atoms with van der Waals surface area (Å²) in [6, 6.07) is -4.97. The summed E-state index contributed by atoms with van der Waals surface area (Å²) in [4.78, 5) is 40.5. The highest BCUT2D eigenvalue weighted by atomic mass is 16.8. The van der Waals surface area contributed by atoms with Gasteiger partial charge in [-0.25, -0.2) is 0 Å². The van der Waals surface area contributed by atoms with Crippen LogP contribution in [-0.2, 0) is 71.2 Å². The molecule has 33 atom stereocenters. The van der Waals surface area contributed by atoms with E-state index in [4.69, 9.17) is 56.8 Å². The molecule has 3 amide bonds. The summed E-state index contributed by atoms with van der Waals surface area (Å²) in [7, 11) is 0. The normalized spacial score (nSPS) is 38.1. The third-order valence-corrected chi connectivity index (χ3v) is 21.6. The molecule has 6 fully saturated rings. The molecule has 6 heterocycles. The molecule has 0 aliphatic carbocycles. The van der Waals surface area contributed by atoms with Crippen molar-refractivity contribution >= 4 is 17.7 Å². The molecule has 638 valence electrons. The van der Waals surface area contributed by atoms with Gasteiger partial charge < -0.3 is 160 Å². The van der Waals surface area contributed by atoms with E-state index in [0.29, 0.717) is 12.8 Å². The van der Waals surface area contributed by atoms with Gasteiger partial charge in [0.2, 0.25) is 17.7 Å². The topological polar surface area (TPSA) is 542 Å². The molecule has 0 bridgehead atoms. The van der Waals surface area contributed by atoms with Gasteiger partial charge in [-0.05, 0) is 26.7 Å².